The van der Waals surface area contributed by atoms with Gasteiger partial charge < -0.3 is 9.47 Å². The lowest BCUT2D eigenvalue weighted by Gasteiger charge is -2.16. The fourth-order valence-electron chi connectivity index (χ4n) is 2.33. The molecule has 0 N–H and O–H groups in total. The molecule has 0 unspecified atom stereocenters. The maximum absolute atomic E-state index is 5.97. The molecule has 102 valence electrons. The molecule has 2 atom stereocenters. The zero-order valence-electron chi connectivity index (χ0n) is 11.5. The summed E-state index contributed by atoms with van der Waals surface area (Å²) in [5.74, 6) is 0. The molecule has 2 heteroatoms. The van der Waals surface area contributed by atoms with Crippen LogP contribution in [0, 0.1) is 0 Å². The number of rotatable bonds is 4. The fraction of sp³-hybridized carbons (Fsp3) is 0.222. The van der Waals surface area contributed by atoms with E-state index in [2.05, 4.69) is 37.3 Å². The summed E-state index contributed by atoms with van der Waals surface area (Å²) in [6.45, 7) is 2.62. The maximum atomic E-state index is 5.97. The first-order chi connectivity index (χ1) is 9.83. The molecule has 2 nitrogen and oxygen atoms in total. The highest BCUT2D eigenvalue weighted by atomic mass is 16.7. The molecule has 1 aliphatic heterocycles. The average molecular weight is 266 g/mol. The van der Waals surface area contributed by atoms with Gasteiger partial charge in [-0.15, -0.1) is 0 Å². The van der Waals surface area contributed by atoms with Crippen LogP contribution < -0.4 is 0 Å². The lowest BCUT2D eigenvalue weighted by Crippen LogP contribution is -2.14. The average Bonchev–Trinajstić information content (AvgIpc) is 2.88. The van der Waals surface area contributed by atoms with Gasteiger partial charge in [0.15, 0.2) is 6.29 Å². The minimum atomic E-state index is -0.250. The van der Waals surface area contributed by atoms with Crippen molar-refractivity contribution in [2.45, 2.75) is 25.9 Å². The monoisotopic (exact) mass is 266 g/mol. The first-order valence-corrected chi connectivity index (χ1v) is 6.87. The zero-order valence-corrected chi connectivity index (χ0v) is 11.5. The second-order valence-corrected chi connectivity index (χ2v) is 5.01. The SMILES string of the molecule is CC1=C[C@@H](c2ccccc2)O[C@H]1OCc1ccccc1. The lowest BCUT2D eigenvalue weighted by molar-refractivity contribution is -0.131. The largest absolute Gasteiger partial charge is 0.344 e. The number of hydrogen-bond acceptors (Lipinski definition) is 2. The third-order valence-electron chi connectivity index (χ3n) is 3.43. The van der Waals surface area contributed by atoms with Crippen LogP contribution in [-0.2, 0) is 16.1 Å². The first-order valence-electron chi connectivity index (χ1n) is 6.87. The van der Waals surface area contributed by atoms with Gasteiger partial charge in [0, 0.05) is 0 Å². The molecule has 0 aromatic heterocycles. The first kappa shape index (κ1) is 13.1. The van der Waals surface area contributed by atoms with Gasteiger partial charge in [0.25, 0.3) is 0 Å². The molecule has 0 saturated carbocycles. The van der Waals surface area contributed by atoms with Crippen LogP contribution in [0.4, 0.5) is 0 Å². The second-order valence-electron chi connectivity index (χ2n) is 5.01. The Morgan fingerprint density at radius 3 is 2.30 bits per heavy atom. The van der Waals surface area contributed by atoms with Gasteiger partial charge in [-0.2, -0.15) is 0 Å². The van der Waals surface area contributed by atoms with Crippen molar-refractivity contribution < 1.29 is 9.47 Å². The van der Waals surface area contributed by atoms with Crippen LogP contribution in [0.1, 0.15) is 24.2 Å². The molecule has 0 radical (unpaired) electrons. The summed E-state index contributed by atoms with van der Waals surface area (Å²) in [7, 11) is 0. The van der Waals surface area contributed by atoms with E-state index < -0.39 is 0 Å². The van der Waals surface area contributed by atoms with E-state index in [0.717, 1.165) is 16.7 Å². The standard InChI is InChI=1S/C18H18O2/c1-14-12-17(16-10-6-3-7-11-16)20-18(14)19-13-15-8-4-2-5-9-15/h2-12,17-18H,13H2,1H3/t17-,18+/m0/s1. The molecule has 1 aliphatic rings. The van der Waals surface area contributed by atoms with Crippen LogP contribution in [0.15, 0.2) is 72.3 Å². The predicted octanol–water partition coefficient (Wildman–Crippen LogP) is 4.25. The molecule has 0 spiro atoms. The smallest absolute Gasteiger partial charge is 0.181 e. The van der Waals surface area contributed by atoms with Crippen LogP contribution in [0.2, 0.25) is 0 Å². The summed E-state index contributed by atoms with van der Waals surface area (Å²) >= 11 is 0. The number of hydrogen-bond donors (Lipinski definition) is 0. The molecule has 0 saturated heterocycles. The van der Waals surface area contributed by atoms with E-state index in [4.69, 9.17) is 9.47 Å². The Morgan fingerprint density at radius 1 is 0.950 bits per heavy atom. The minimum Gasteiger partial charge on any atom is -0.344 e. The molecule has 0 fully saturated rings. The quantitative estimate of drug-likeness (QED) is 0.770. The summed E-state index contributed by atoms with van der Waals surface area (Å²) in [6, 6.07) is 20.4. The molecule has 20 heavy (non-hydrogen) atoms. The summed E-state index contributed by atoms with van der Waals surface area (Å²) in [4.78, 5) is 0. The molecular weight excluding hydrogens is 248 g/mol. The van der Waals surface area contributed by atoms with Crippen LogP contribution in [0.25, 0.3) is 0 Å². The highest BCUT2D eigenvalue weighted by molar-refractivity contribution is 5.26. The Balaban J connectivity index is 1.62. The lowest BCUT2D eigenvalue weighted by atomic mass is 10.1. The van der Waals surface area contributed by atoms with E-state index in [1.54, 1.807) is 0 Å². The van der Waals surface area contributed by atoms with E-state index in [0.29, 0.717) is 6.61 Å². The fourth-order valence-corrected chi connectivity index (χ4v) is 2.33. The number of ether oxygens (including phenoxy) is 2. The summed E-state index contributed by atoms with van der Waals surface area (Å²) in [5.41, 5.74) is 3.46. The van der Waals surface area contributed by atoms with Crippen molar-refractivity contribution >= 4 is 0 Å². The van der Waals surface area contributed by atoms with Crippen molar-refractivity contribution in [3.63, 3.8) is 0 Å². The van der Waals surface area contributed by atoms with Gasteiger partial charge in [0.1, 0.15) is 6.10 Å². The van der Waals surface area contributed by atoms with E-state index in [9.17, 15) is 0 Å². The summed E-state index contributed by atoms with van der Waals surface area (Å²) in [5, 5.41) is 0. The van der Waals surface area contributed by atoms with Crippen molar-refractivity contribution in [1.82, 2.24) is 0 Å². The Kier molecular flexibility index (Phi) is 3.95. The van der Waals surface area contributed by atoms with Crippen LogP contribution in [0.5, 0.6) is 0 Å². The highest BCUT2D eigenvalue weighted by Gasteiger charge is 2.25. The van der Waals surface area contributed by atoms with E-state index >= 15 is 0 Å². The molecule has 0 aliphatic carbocycles. The molecule has 0 bridgehead atoms. The van der Waals surface area contributed by atoms with Crippen molar-refractivity contribution in [1.29, 1.82) is 0 Å². The molecular formula is C18H18O2. The summed E-state index contributed by atoms with van der Waals surface area (Å²) < 4.78 is 11.8. The van der Waals surface area contributed by atoms with Gasteiger partial charge in [-0.1, -0.05) is 60.7 Å². The normalized spacial score (nSPS) is 21.8. The Bertz CT molecular complexity index is 575. The van der Waals surface area contributed by atoms with Gasteiger partial charge in [-0.05, 0) is 29.7 Å². The van der Waals surface area contributed by atoms with E-state index in [-0.39, 0.29) is 12.4 Å². The Hall–Kier alpha value is -1.90. The molecule has 3 rings (SSSR count). The maximum Gasteiger partial charge on any atom is 0.181 e. The third kappa shape index (κ3) is 2.98. The van der Waals surface area contributed by atoms with Crippen molar-refractivity contribution in [2.75, 3.05) is 0 Å². The number of benzene rings is 2. The van der Waals surface area contributed by atoms with Gasteiger partial charge in [0.05, 0.1) is 6.61 Å². The molecule has 1 heterocycles. The molecule has 2 aromatic carbocycles. The van der Waals surface area contributed by atoms with Crippen LogP contribution in [-0.4, -0.2) is 6.29 Å². The Labute approximate surface area is 119 Å². The zero-order chi connectivity index (χ0) is 13.8. The highest BCUT2D eigenvalue weighted by Crippen LogP contribution is 2.31. The van der Waals surface area contributed by atoms with Gasteiger partial charge >= 0.3 is 0 Å². The molecule has 2 aromatic rings. The van der Waals surface area contributed by atoms with E-state index in [1.807, 2.05) is 36.4 Å². The topological polar surface area (TPSA) is 18.5 Å². The Morgan fingerprint density at radius 2 is 1.60 bits per heavy atom. The van der Waals surface area contributed by atoms with Crippen molar-refractivity contribution in [3.8, 4) is 0 Å². The van der Waals surface area contributed by atoms with E-state index in [1.165, 1.54) is 0 Å². The van der Waals surface area contributed by atoms with Crippen LogP contribution in [0.3, 0.4) is 0 Å². The minimum absolute atomic E-state index is 0.00280. The van der Waals surface area contributed by atoms with Gasteiger partial charge in [-0.3, -0.25) is 0 Å². The predicted molar refractivity (Wildman–Crippen MR) is 79.0 cm³/mol. The van der Waals surface area contributed by atoms with Gasteiger partial charge in [-0.25, -0.2) is 0 Å². The second kappa shape index (κ2) is 6.04. The third-order valence-corrected chi connectivity index (χ3v) is 3.43. The van der Waals surface area contributed by atoms with Crippen LogP contribution >= 0.6 is 0 Å². The summed E-state index contributed by atoms with van der Waals surface area (Å²) in [6.07, 6.45) is 1.88. The molecule has 0 amide bonds. The van der Waals surface area contributed by atoms with Gasteiger partial charge in [0.2, 0.25) is 0 Å². The van der Waals surface area contributed by atoms with Crippen molar-refractivity contribution in [2.24, 2.45) is 0 Å². The van der Waals surface area contributed by atoms with Crippen molar-refractivity contribution in [3.05, 3.63) is 83.4 Å².